The molecule has 0 radical (unpaired) electrons. The summed E-state index contributed by atoms with van der Waals surface area (Å²) < 4.78 is 0. The second-order valence-electron chi connectivity index (χ2n) is 2.97. The first-order valence-electron chi connectivity index (χ1n) is 4.48. The molecule has 0 saturated carbocycles. The van der Waals surface area contributed by atoms with E-state index in [0.29, 0.717) is 5.69 Å². The molecular formula is C11H10Cl2N2O. The van der Waals surface area contributed by atoms with E-state index in [1.165, 1.54) is 12.1 Å². The molecule has 0 atom stereocenters. The zero-order valence-electron chi connectivity index (χ0n) is 8.60. The van der Waals surface area contributed by atoms with E-state index in [1.54, 1.807) is 6.92 Å². The number of carbonyl (C=O) groups is 1. The van der Waals surface area contributed by atoms with Gasteiger partial charge in [-0.2, -0.15) is 0 Å². The zero-order chi connectivity index (χ0) is 12.1. The summed E-state index contributed by atoms with van der Waals surface area (Å²) in [6.45, 7) is 1.95. The molecule has 84 valence electrons. The maximum absolute atomic E-state index is 11.7. The van der Waals surface area contributed by atoms with Gasteiger partial charge in [-0.15, -0.1) is 5.92 Å². The molecule has 0 aliphatic carbocycles. The van der Waals surface area contributed by atoms with E-state index in [2.05, 4.69) is 17.2 Å². The Labute approximate surface area is 104 Å². The first-order chi connectivity index (χ1) is 7.56. The minimum Gasteiger partial charge on any atom is -0.399 e. The van der Waals surface area contributed by atoms with Crippen molar-refractivity contribution >= 4 is 34.8 Å². The predicted octanol–water partition coefficient (Wildman–Crippen LogP) is 2.33. The van der Waals surface area contributed by atoms with Crippen molar-refractivity contribution in [3.8, 4) is 11.8 Å². The van der Waals surface area contributed by atoms with Crippen molar-refractivity contribution in [1.82, 2.24) is 5.32 Å². The predicted molar refractivity (Wildman–Crippen MR) is 66.7 cm³/mol. The number of rotatable bonds is 2. The Morgan fingerprint density at radius 2 is 2.19 bits per heavy atom. The van der Waals surface area contributed by atoms with Crippen molar-refractivity contribution in [1.29, 1.82) is 0 Å². The van der Waals surface area contributed by atoms with Gasteiger partial charge in [-0.1, -0.05) is 29.1 Å². The lowest BCUT2D eigenvalue weighted by atomic mass is 10.2. The summed E-state index contributed by atoms with van der Waals surface area (Å²) in [4.78, 5) is 11.7. The van der Waals surface area contributed by atoms with Gasteiger partial charge in [-0.25, -0.2) is 0 Å². The van der Waals surface area contributed by atoms with Gasteiger partial charge in [0.2, 0.25) is 0 Å². The summed E-state index contributed by atoms with van der Waals surface area (Å²) in [6.07, 6.45) is 0. The van der Waals surface area contributed by atoms with Gasteiger partial charge >= 0.3 is 0 Å². The van der Waals surface area contributed by atoms with Gasteiger partial charge in [0.1, 0.15) is 0 Å². The van der Waals surface area contributed by atoms with Gasteiger partial charge in [0.25, 0.3) is 5.91 Å². The zero-order valence-corrected chi connectivity index (χ0v) is 10.1. The van der Waals surface area contributed by atoms with Crippen LogP contribution in [-0.4, -0.2) is 12.5 Å². The fourth-order valence-electron chi connectivity index (χ4n) is 1.08. The van der Waals surface area contributed by atoms with Crippen LogP contribution in [0.3, 0.4) is 0 Å². The maximum Gasteiger partial charge on any atom is 0.253 e. The molecule has 0 aliphatic heterocycles. The van der Waals surface area contributed by atoms with Crippen LogP contribution in [0.15, 0.2) is 12.1 Å². The number of halogens is 2. The topological polar surface area (TPSA) is 55.1 Å². The highest BCUT2D eigenvalue weighted by Crippen LogP contribution is 2.28. The molecule has 1 aromatic rings. The molecule has 1 aromatic carbocycles. The SMILES string of the molecule is CC#CCNC(=O)c1cc(N)cc(Cl)c1Cl. The van der Waals surface area contributed by atoms with Crippen LogP contribution in [0.5, 0.6) is 0 Å². The number of nitrogen functional groups attached to an aromatic ring is 1. The third-order valence-electron chi connectivity index (χ3n) is 1.81. The van der Waals surface area contributed by atoms with Gasteiger partial charge in [0.05, 0.1) is 22.2 Å². The Bertz CT molecular complexity index is 475. The number of anilines is 1. The fourth-order valence-corrected chi connectivity index (χ4v) is 1.51. The van der Waals surface area contributed by atoms with Crippen molar-refractivity contribution in [3.63, 3.8) is 0 Å². The third kappa shape index (κ3) is 3.06. The molecule has 0 bridgehead atoms. The van der Waals surface area contributed by atoms with E-state index < -0.39 is 0 Å². The number of carbonyl (C=O) groups excluding carboxylic acids is 1. The largest absolute Gasteiger partial charge is 0.399 e. The van der Waals surface area contributed by atoms with Crippen LogP contribution in [0.2, 0.25) is 10.0 Å². The Balaban J connectivity index is 2.93. The highest BCUT2D eigenvalue weighted by molar-refractivity contribution is 6.44. The molecule has 0 saturated heterocycles. The molecule has 1 amide bonds. The lowest BCUT2D eigenvalue weighted by Crippen LogP contribution is -2.24. The summed E-state index contributed by atoms with van der Waals surface area (Å²) in [5, 5.41) is 3.03. The summed E-state index contributed by atoms with van der Waals surface area (Å²) in [7, 11) is 0. The molecule has 0 aliphatic rings. The molecule has 5 heteroatoms. The van der Waals surface area contributed by atoms with E-state index in [-0.39, 0.29) is 28.1 Å². The van der Waals surface area contributed by atoms with Crippen LogP contribution >= 0.6 is 23.2 Å². The van der Waals surface area contributed by atoms with E-state index in [4.69, 9.17) is 28.9 Å². The average Bonchev–Trinajstić information content (AvgIpc) is 2.23. The number of nitrogens with two attached hydrogens (primary N) is 1. The Morgan fingerprint density at radius 3 is 2.81 bits per heavy atom. The Morgan fingerprint density at radius 1 is 1.50 bits per heavy atom. The third-order valence-corrected chi connectivity index (χ3v) is 2.61. The summed E-state index contributed by atoms with van der Waals surface area (Å²) >= 11 is 11.7. The van der Waals surface area contributed by atoms with Crippen molar-refractivity contribution in [2.75, 3.05) is 12.3 Å². The van der Waals surface area contributed by atoms with Crippen molar-refractivity contribution < 1.29 is 4.79 Å². The lowest BCUT2D eigenvalue weighted by molar-refractivity contribution is 0.0959. The van der Waals surface area contributed by atoms with Gasteiger partial charge in [0.15, 0.2) is 0 Å². The van der Waals surface area contributed by atoms with E-state index in [9.17, 15) is 4.79 Å². The minimum absolute atomic E-state index is 0.192. The van der Waals surface area contributed by atoms with Crippen molar-refractivity contribution in [2.45, 2.75) is 6.92 Å². The lowest BCUT2D eigenvalue weighted by Gasteiger charge is -2.06. The van der Waals surface area contributed by atoms with Crippen LogP contribution in [0, 0.1) is 11.8 Å². The van der Waals surface area contributed by atoms with Crippen LogP contribution < -0.4 is 11.1 Å². The van der Waals surface area contributed by atoms with E-state index in [1.807, 2.05) is 0 Å². The molecule has 0 fully saturated rings. The molecular weight excluding hydrogens is 247 g/mol. The highest BCUT2D eigenvalue weighted by Gasteiger charge is 2.13. The molecule has 3 N–H and O–H groups in total. The molecule has 1 rings (SSSR count). The fraction of sp³-hybridized carbons (Fsp3) is 0.182. The summed E-state index contributed by atoms with van der Waals surface area (Å²) in [6, 6.07) is 2.97. The molecule has 0 heterocycles. The minimum atomic E-state index is -0.345. The van der Waals surface area contributed by atoms with E-state index in [0.717, 1.165) is 0 Å². The first-order valence-corrected chi connectivity index (χ1v) is 5.24. The molecule has 16 heavy (non-hydrogen) atoms. The summed E-state index contributed by atoms with van der Waals surface area (Å²) in [5.41, 5.74) is 6.21. The number of nitrogens with one attached hydrogen (secondary N) is 1. The van der Waals surface area contributed by atoms with Crippen LogP contribution in [-0.2, 0) is 0 Å². The van der Waals surface area contributed by atoms with Crippen LogP contribution in [0.25, 0.3) is 0 Å². The average molecular weight is 257 g/mol. The van der Waals surface area contributed by atoms with E-state index >= 15 is 0 Å². The normalized spacial score (nSPS) is 9.19. The van der Waals surface area contributed by atoms with Crippen molar-refractivity contribution in [2.24, 2.45) is 0 Å². The van der Waals surface area contributed by atoms with Crippen LogP contribution in [0.1, 0.15) is 17.3 Å². The summed E-state index contributed by atoms with van der Waals surface area (Å²) in [5.74, 6) is 5.03. The highest BCUT2D eigenvalue weighted by atomic mass is 35.5. The van der Waals surface area contributed by atoms with Gasteiger partial charge in [-0.3, -0.25) is 4.79 Å². The van der Waals surface area contributed by atoms with Crippen LogP contribution in [0.4, 0.5) is 5.69 Å². The van der Waals surface area contributed by atoms with Gasteiger partial charge in [-0.05, 0) is 19.1 Å². The quantitative estimate of drug-likeness (QED) is 0.631. The number of hydrogen-bond acceptors (Lipinski definition) is 2. The molecule has 0 spiro atoms. The molecule has 0 unspecified atom stereocenters. The molecule has 3 nitrogen and oxygen atoms in total. The maximum atomic E-state index is 11.7. The Hall–Kier alpha value is -1.37. The second-order valence-corrected chi connectivity index (χ2v) is 3.76. The van der Waals surface area contributed by atoms with Crippen molar-refractivity contribution in [3.05, 3.63) is 27.7 Å². The number of amides is 1. The smallest absolute Gasteiger partial charge is 0.253 e. The standard InChI is InChI=1S/C11H10Cl2N2O/c1-2-3-4-15-11(16)8-5-7(14)6-9(12)10(8)13/h5-6H,4,14H2,1H3,(H,15,16). The first kappa shape index (κ1) is 12.7. The van der Waals surface area contributed by atoms with Gasteiger partial charge in [0, 0.05) is 5.69 Å². The number of benzene rings is 1. The Kier molecular flexibility index (Phi) is 4.48. The molecule has 0 aromatic heterocycles. The van der Waals surface area contributed by atoms with Gasteiger partial charge < -0.3 is 11.1 Å². The number of hydrogen-bond donors (Lipinski definition) is 2. The second kappa shape index (κ2) is 5.64. The monoisotopic (exact) mass is 256 g/mol.